The van der Waals surface area contributed by atoms with Gasteiger partial charge < -0.3 is 18.6 Å². The molecule has 0 aliphatic carbocycles. The van der Waals surface area contributed by atoms with E-state index in [4.69, 9.17) is 18.6 Å². The summed E-state index contributed by atoms with van der Waals surface area (Å²) < 4.78 is 22.8. The van der Waals surface area contributed by atoms with Crippen LogP contribution in [0.1, 0.15) is 34.6 Å². The van der Waals surface area contributed by atoms with E-state index in [0.717, 1.165) is 18.1 Å². The van der Waals surface area contributed by atoms with Crippen LogP contribution in [0.25, 0.3) is 0 Å². The molecule has 0 saturated carbocycles. The summed E-state index contributed by atoms with van der Waals surface area (Å²) in [7, 11) is -1.72. The zero-order valence-electron chi connectivity index (χ0n) is 13.8. The van der Waals surface area contributed by atoms with Gasteiger partial charge in [0, 0.05) is 13.5 Å². The second-order valence-corrected chi connectivity index (χ2v) is 10.0. The third-order valence-electron chi connectivity index (χ3n) is 4.01. The van der Waals surface area contributed by atoms with Gasteiger partial charge in [-0.15, -0.1) is 0 Å². The summed E-state index contributed by atoms with van der Waals surface area (Å²) in [5.74, 6) is -1.32. The molecular formula is C15H28O5Si. The Hall–Kier alpha value is -0.693. The van der Waals surface area contributed by atoms with Gasteiger partial charge in [-0.05, 0) is 37.2 Å². The predicted octanol–water partition coefficient (Wildman–Crippen LogP) is 3.22. The fourth-order valence-corrected chi connectivity index (χ4v) is 5.11. The molecule has 6 heteroatoms. The van der Waals surface area contributed by atoms with E-state index in [2.05, 4.69) is 20.8 Å². The quantitative estimate of drug-likeness (QED) is 0.371. The second kappa shape index (κ2) is 8.08. The second-order valence-electron chi connectivity index (χ2n) is 5.23. The Balaban J connectivity index is 2.71. The normalized spacial score (nSPS) is 25.3. The summed E-state index contributed by atoms with van der Waals surface area (Å²) in [6.07, 6.45) is 2.80. The fourth-order valence-electron chi connectivity index (χ4n) is 2.49. The van der Waals surface area contributed by atoms with E-state index in [9.17, 15) is 4.79 Å². The van der Waals surface area contributed by atoms with Gasteiger partial charge in [0.25, 0.3) is 0 Å². The summed E-state index contributed by atoms with van der Waals surface area (Å²) in [5, 5.41) is 0. The zero-order chi connectivity index (χ0) is 15.9. The number of hydrogen-bond donors (Lipinski definition) is 0. The monoisotopic (exact) mass is 316 g/mol. The number of carbonyl (C=O) groups is 1. The molecule has 0 spiro atoms. The lowest BCUT2D eigenvalue weighted by Crippen LogP contribution is -2.45. The molecule has 122 valence electrons. The fraction of sp³-hybridized carbons (Fsp3) is 0.800. The van der Waals surface area contributed by atoms with Gasteiger partial charge in [0.1, 0.15) is 0 Å². The molecule has 5 nitrogen and oxygen atoms in total. The van der Waals surface area contributed by atoms with Crippen LogP contribution in [0.4, 0.5) is 0 Å². The molecule has 2 atom stereocenters. The van der Waals surface area contributed by atoms with Crippen LogP contribution in [0.5, 0.6) is 0 Å². The maximum atomic E-state index is 11.0. The number of carbonyl (C=O) groups excluding carboxylic acids is 1. The summed E-state index contributed by atoms with van der Waals surface area (Å²) >= 11 is 0. The van der Waals surface area contributed by atoms with Crippen molar-refractivity contribution >= 4 is 14.3 Å². The first-order valence-electron chi connectivity index (χ1n) is 7.77. The van der Waals surface area contributed by atoms with Gasteiger partial charge in [0.05, 0.1) is 6.61 Å². The number of hydrogen-bond acceptors (Lipinski definition) is 5. The molecule has 0 aromatic carbocycles. The first kappa shape index (κ1) is 18.4. The number of esters is 1. The standard InChI is InChI=1S/C15H28O5Si/c1-6-17-15(11-10-14(20-15)19-13(5)16)12-18-21(7-2,8-3)9-4/h10-11,14H,6-9,12H2,1-5H3/t14?,15-/m0/s1. The zero-order valence-corrected chi connectivity index (χ0v) is 14.8. The van der Waals surface area contributed by atoms with Crippen molar-refractivity contribution in [3.63, 3.8) is 0 Å². The molecule has 0 aromatic heterocycles. The van der Waals surface area contributed by atoms with E-state index in [1.165, 1.54) is 6.92 Å². The maximum absolute atomic E-state index is 11.0. The van der Waals surface area contributed by atoms with Gasteiger partial charge in [-0.3, -0.25) is 4.79 Å². The first-order chi connectivity index (χ1) is 9.94. The van der Waals surface area contributed by atoms with Crippen LogP contribution < -0.4 is 0 Å². The average Bonchev–Trinajstić information content (AvgIpc) is 2.84. The molecule has 21 heavy (non-hydrogen) atoms. The van der Waals surface area contributed by atoms with Crippen LogP contribution in [0.3, 0.4) is 0 Å². The van der Waals surface area contributed by atoms with E-state index in [0.29, 0.717) is 13.2 Å². The minimum atomic E-state index is -1.72. The molecule has 0 bridgehead atoms. The summed E-state index contributed by atoms with van der Waals surface area (Å²) in [6, 6.07) is 3.21. The van der Waals surface area contributed by atoms with Crippen molar-refractivity contribution in [2.75, 3.05) is 13.2 Å². The van der Waals surface area contributed by atoms with Crippen LogP contribution in [0, 0.1) is 0 Å². The third-order valence-corrected chi connectivity index (χ3v) is 8.63. The average molecular weight is 316 g/mol. The summed E-state index contributed by atoms with van der Waals surface area (Å²) in [5.41, 5.74) is 0. The van der Waals surface area contributed by atoms with Crippen molar-refractivity contribution in [1.29, 1.82) is 0 Å². The van der Waals surface area contributed by atoms with Crippen LogP contribution in [-0.2, 0) is 23.4 Å². The third kappa shape index (κ3) is 4.91. The topological polar surface area (TPSA) is 54.0 Å². The highest BCUT2D eigenvalue weighted by Gasteiger charge is 2.41. The summed E-state index contributed by atoms with van der Waals surface area (Å²) in [4.78, 5) is 11.0. The van der Waals surface area contributed by atoms with Crippen molar-refractivity contribution in [3.05, 3.63) is 12.2 Å². The molecule has 0 fully saturated rings. The Morgan fingerprint density at radius 1 is 1.24 bits per heavy atom. The molecule has 0 amide bonds. The van der Waals surface area contributed by atoms with E-state index in [1.54, 1.807) is 12.2 Å². The molecule has 0 N–H and O–H groups in total. The molecule has 1 rings (SSSR count). The first-order valence-corrected chi connectivity index (χ1v) is 10.3. The smallest absolute Gasteiger partial charge is 0.305 e. The molecule has 1 aliphatic heterocycles. The van der Waals surface area contributed by atoms with Crippen molar-refractivity contribution in [1.82, 2.24) is 0 Å². The molecule has 1 heterocycles. The highest BCUT2D eigenvalue weighted by Crippen LogP contribution is 2.30. The molecule has 1 unspecified atom stereocenters. The van der Waals surface area contributed by atoms with Crippen LogP contribution in [0.15, 0.2) is 12.2 Å². The van der Waals surface area contributed by atoms with E-state index in [1.807, 2.05) is 6.92 Å². The number of ether oxygens (including phenoxy) is 3. The highest BCUT2D eigenvalue weighted by atomic mass is 28.4. The molecule has 0 aromatic rings. The van der Waals surface area contributed by atoms with Crippen LogP contribution >= 0.6 is 0 Å². The van der Waals surface area contributed by atoms with Crippen LogP contribution in [0.2, 0.25) is 18.1 Å². The van der Waals surface area contributed by atoms with Gasteiger partial charge in [-0.2, -0.15) is 0 Å². The maximum Gasteiger partial charge on any atom is 0.305 e. The lowest BCUT2D eigenvalue weighted by atomic mass is 10.3. The van der Waals surface area contributed by atoms with Crippen molar-refractivity contribution in [2.24, 2.45) is 0 Å². The minimum Gasteiger partial charge on any atom is -0.432 e. The molecular weight excluding hydrogens is 288 g/mol. The van der Waals surface area contributed by atoms with E-state index < -0.39 is 20.4 Å². The van der Waals surface area contributed by atoms with E-state index in [-0.39, 0.29) is 5.97 Å². The van der Waals surface area contributed by atoms with Gasteiger partial charge in [0.15, 0.2) is 8.32 Å². The predicted molar refractivity (Wildman–Crippen MR) is 83.3 cm³/mol. The van der Waals surface area contributed by atoms with Crippen molar-refractivity contribution in [3.8, 4) is 0 Å². The van der Waals surface area contributed by atoms with E-state index >= 15 is 0 Å². The largest absolute Gasteiger partial charge is 0.432 e. The molecule has 0 saturated heterocycles. The van der Waals surface area contributed by atoms with Gasteiger partial charge in [0.2, 0.25) is 12.1 Å². The lowest BCUT2D eigenvalue weighted by Gasteiger charge is -2.34. The molecule has 1 aliphatic rings. The van der Waals surface area contributed by atoms with Crippen molar-refractivity contribution < 1.29 is 23.4 Å². The highest BCUT2D eigenvalue weighted by molar-refractivity contribution is 6.73. The molecule has 0 radical (unpaired) electrons. The number of rotatable bonds is 9. The van der Waals surface area contributed by atoms with Gasteiger partial charge in [-0.25, -0.2) is 0 Å². The Kier molecular flexibility index (Phi) is 7.06. The Labute approximate surface area is 128 Å². The summed E-state index contributed by atoms with van der Waals surface area (Å²) in [6.45, 7) is 10.6. The van der Waals surface area contributed by atoms with Gasteiger partial charge in [-0.1, -0.05) is 20.8 Å². The SMILES string of the molecule is CCO[C@@]1(CO[Si](CC)(CC)CC)C=CC(OC(C)=O)O1. The van der Waals surface area contributed by atoms with Crippen LogP contribution in [-0.4, -0.2) is 39.6 Å². The minimum absolute atomic E-state index is 0.344. The van der Waals surface area contributed by atoms with Crippen molar-refractivity contribution in [2.45, 2.75) is 64.8 Å². The van der Waals surface area contributed by atoms with Gasteiger partial charge >= 0.3 is 5.97 Å². The Morgan fingerprint density at radius 3 is 2.33 bits per heavy atom. The Bertz CT molecular complexity index is 359. The lowest BCUT2D eigenvalue weighted by molar-refractivity contribution is -0.261. The Morgan fingerprint density at radius 2 is 1.86 bits per heavy atom.